The molecule has 0 heterocycles. The minimum atomic E-state index is 0.517. The largest absolute Gasteiger partial charge is 0.327 e. The van der Waals surface area contributed by atoms with E-state index in [1.165, 1.54) is 32.1 Å². The first-order valence-electron chi connectivity index (χ1n) is 4.10. The van der Waals surface area contributed by atoms with E-state index in [2.05, 4.69) is 6.92 Å². The highest BCUT2D eigenvalue weighted by atomic mass is 14.7. The van der Waals surface area contributed by atoms with Gasteiger partial charge in [0.2, 0.25) is 0 Å². The van der Waals surface area contributed by atoms with E-state index in [4.69, 9.17) is 5.73 Å². The fourth-order valence-corrected chi connectivity index (χ4v) is 1.74. The van der Waals surface area contributed by atoms with E-state index >= 15 is 0 Å². The molecule has 0 aromatic heterocycles. The van der Waals surface area contributed by atoms with Gasteiger partial charge in [-0.05, 0) is 18.8 Å². The topological polar surface area (TPSA) is 26.0 Å². The third-order valence-electron chi connectivity index (χ3n) is 2.49. The van der Waals surface area contributed by atoms with Crippen LogP contribution in [0.4, 0.5) is 0 Å². The molecule has 1 aliphatic rings. The molecule has 54 valence electrons. The van der Waals surface area contributed by atoms with Crippen LogP contribution in [0.15, 0.2) is 0 Å². The van der Waals surface area contributed by atoms with Crippen LogP contribution in [0.2, 0.25) is 0 Å². The predicted molar refractivity (Wildman–Crippen MR) is 40.2 cm³/mol. The van der Waals surface area contributed by atoms with Gasteiger partial charge in [-0.2, -0.15) is 0 Å². The van der Waals surface area contributed by atoms with E-state index in [1.54, 1.807) is 0 Å². The first-order valence-corrected chi connectivity index (χ1v) is 4.10. The molecule has 1 unspecified atom stereocenters. The molecular formula is C8H17N. The van der Waals surface area contributed by atoms with Crippen molar-refractivity contribution in [1.82, 2.24) is 0 Å². The van der Waals surface area contributed by atoms with Crippen LogP contribution in [0.3, 0.4) is 0 Å². The Hall–Kier alpha value is -0.0400. The number of hydrogen-bond acceptors (Lipinski definition) is 1. The minimum Gasteiger partial charge on any atom is -0.327 e. The summed E-state index contributed by atoms with van der Waals surface area (Å²) in [5.74, 6) is 0.832. The predicted octanol–water partition coefficient (Wildman–Crippen LogP) is 1.91. The van der Waals surface area contributed by atoms with Crippen molar-refractivity contribution >= 4 is 0 Å². The maximum atomic E-state index is 5.89. The van der Waals surface area contributed by atoms with Crippen LogP contribution >= 0.6 is 0 Å². The lowest BCUT2D eigenvalue weighted by atomic mass is 9.84. The second-order valence-corrected chi connectivity index (χ2v) is 3.12. The quantitative estimate of drug-likeness (QED) is 0.572. The summed E-state index contributed by atoms with van der Waals surface area (Å²) in [6.45, 7) is 2.25. The SMILES string of the molecule is CC[C@@H]1CCCCC1N. The zero-order valence-electron chi connectivity index (χ0n) is 6.27. The first kappa shape index (κ1) is 7.07. The van der Waals surface area contributed by atoms with Crippen molar-refractivity contribution in [1.29, 1.82) is 0 Å². The highest BCUT2D eigenvalue weighted by molar-refractivity contribution is 4.76. The summed E-state index contributed by atoms with van der Waals surface area (Å²) in [6, 6.07) is 0.517. The normalized spacial score (nSPS) is 36.7. The van der Waals surface area contributed by atoms with Gasteiger partial charge in [0.1, 0.15) is 0 Å². The van der Waals surface area contributed by atoms with Gasteiger partial charge in [-0.15, -0.1) is 0 Å². The molecule has 1 rings (SSSR count). The van der Waals surface area contributed by atoms with Crippen molar-refractivity contribution < 1.29 is 0 Å². The summed E-state index contributed by atoms with van der Waals surface area (Å²) in [5.41, 5.74) is 5.89. The van der Waals surface area contributed by atoms with Gasteiger partial charge in [-0.25, -0.2) is 0 Å². The molecule has 1 aliphatic carbocycles. The van der Waals surface area contributed by atoms with Crippen LogP contribution in [0.25, 0.3) is 0 Å². The third kappa shape index (κ3) is 1.68. The van der Waals surface area contributed by atoms with Gasteiger partial charge in [0.25, 0.3) is 0 Å². The molecule has 0 bridgehead atoms. The van der Waals surface area contributed by atoms with Gasteiger partial charge in [0.15, 0.2) is 0 Å². The molecule has 9 heavy (non-hydrogen) atoms. The lowest BCUT2D eigenvalue weighted by Crippen LogP contribution is -2.32. The van der Waals surface area contributed by atoms with Crippen LogP contribution < -0.4 is 5.73 Å². The van der Waals surface area contributed by atoms with Crippen molar-refractivity contribution in [3.63, 3.8) is 0 Å². The summed E-state index contributed by atoms with van der Waals surface area (Å²) >= 11 is 0. The molecule has 0 saturated heterocycles. The first-order chi connectivity index (χ1) is 4.34. The van der Waals surface area contributed by atoms with Gasteiger partial charge < -0.3 is 5.73 Å². The smallest absolute Gasteiger partial charge is 0.00670 e. The van der Waals surface area contributed by atoms with Crippen molar-refractivity contribution in [2.75, 3.05) is 0 Å². The van der Waals surface area contributed by atoms with Crippen LogP contribution in [-0.4, -0.2) is 6.04 Å². The maximum absolute atomic E-state index is 5.89. The van der Waals surface area contributed by atoms with Gasteiger partial charge in [-0.1, -0.05) is 26.2 Å². The molecule has 0 spiro atoms. The lowest BCUT2D eigenvalue weighted by Gasteiger charge is -2.27. The van der Waals surface area contributed by atoms with Gasteiger partial charge in [0, 0.05) is 6.04 Å². The fourth-order valence-electron chi connectivity index (χ4n) is 1.74. The average Bonchev–Trinajstić information content (AvgIpc) is 1.89. The van der Waals surface area contributed by atoms with Gasteiger partial charge >= 0.3 is 0 Å². The number of rotatable bonds is 1. The monoisotopic (exact) mass is 127 g/mol. The zero-order chi connectivity index (χ0) is 6.69. The van der Waals surface area contributed by atoms with Crippen LogP contribution in [0.5, 0.6) is 0 Å². The average molecular weight is 127 g/mol. The van der Waals surface area contributed by atoms with E-state index in [0.29, 0.717) is 6.04 Å². The summed E-state index contributed by atoms with van der Waals surface area (Å²) < 4.78 is 0. The number of hydrogen-bond donors (Lipinski definition) is 1. The van der Waals surface area contributed by atoms with Crippen molar-refractivity contribution in [3.05, 3.63) is 0 Å². The van der Waals surface area contributed by atoms with Gasteiger partial charge in [-0.3, -0.25) is 0 Å². The summed E-state index contributed by atoms with van der Waals surface area (Å²) in [4.78, 5) is 0. The van der Waals surface area contributed by atoms with Crippen LogP contribution in [0.1, 0.15) is 39.0 Å². The highest BCUT2D eigenvalue weighted by Crippen LogP contribution is 2.24. The Morgan fingerprint density at radius 1 is 1.33 bits per heavy atom. The standard InChI is InChI=1S/C8H17N/c1-2-7-5-3-4-6-8(7)9/h7-8H,2-6,9H2,1H3/t7-,8?/m1/s1. The molecule has 2 N–H and O–H groups in total. The van der Waals surface area contributed by atoms with E-state index in [9.17, 15) is 0 Å². The van der Waals surface area contributed by atoms with Crippen LogP contribution in [-0.2, 0) is 0 Å². The Bertz CT molecular complexity index is 80.6. The molecule has 0 aliphatic heterocycles. The Kier molecular flexibility index (Phi) is 2.52. The Morgan fingerprint density at radius 2 is 2.00 bits per heavy atom. The Morgan fingerprint density at radius 3 is 2.44 bits per heavy atom. The molecule has 1 saturated carbocycles. The minimum absolute atomic E-state index is 0.517. The van der Waals surface area contributed by atoms with Crippen molar-refractivity contribution in [2.24, 2.45) is 11.7 Å². The second-order valence-electron chi connectivity index (χ2n) is 3.12. The molecule has 0 aromatic rings. The van der Waals surface area contributed by atoms with E-state index in [-0.39, 0.29) is 0 Å². The van der Waals surface area contributed by atoms with Crippen molar-refractivity contribution in [3.8, 4) is 0 Å². The molecule has 2 atom stereocenters. The number of nitrogens with two attached hydrogens (primary N) is 1. The van der Waals surface area contributed by atoms with E-state index < -0.39 is 0 Å². The Balaban J connectivity index is 2.30. The molecule has 1 fully saturated rings. The molecular weight excluding hydrogens is 110 g/mol. The Labute approximate surface area is 57.6 Å². The van der Waals surface area contributed by atoms with Crippen molar-refractivity contribution in [2.45, 2.75) is 45.1 Å². The second kappa shape index (κ2) is 3.21. The third-order valence-corrected chi connectivity index (χ3v) is 2.49. The molecule has 0 aromatic carbocycles. The molecule has 0 amide bonds. The van der Waals surface area contributed by atoms with E-state index in [1.807, 2.05) is 0 Å². The van der Waals surface area contributed by atoms with Gasteiger partial charge in [0.05, 0.1) is 0 Å². The maximum Gasteiger partial charge on any atom is 0.00670 e. The molecule has 1 nitrogen and oxygen atoms in total. The summed E-state index contributed by atoms with van der Waals surface area (Å²) in [7, 11) is 0. The molecule has 1 heteroatoms. The zero-order valence-corrected chi connectivity index (χ0v) is 6.27. The van der Waals surface area contributed by atoms with E-state index in [0.717, 1.165) is 5.92 Å². The fraction of sp³-hybridized carbons (Fsp3) is 1.00. The summed E-state index contributed by atoms with van der Waals surface area (Å²) in [6.07, 6.45) is 6.68. The molecule has 0 radical (unpaired) electrons. The highest BCUT2D eigenvalue weighted by Gasteiger charge is 2.18. The lowest BCUT2D eigenvalue weighted by molar-refractivity contribution is 0.300. The summed E-state index contributed by atoms with van der Waals surface area (Å²) in [5, 5.41) is 0. The van der Waals surface area contributed by atoms with Crippen LogP contribution in [0, 0.1) is 5.92 Å².